The number of aromatic nitrogens is 2. The summed E-state index contributed by atoms with van der Waals surface area (Å²) in [5, 5.41) is 26.7. The number of imidazole rings is 1. The molecule has 0 fully saturated rings. The Morgan fingerprint density at radius 1 is 1.09 bits per heavy atom. The maximum Gasteiger partial charge on any atom is 0.326 e. The Hall–Kier alpha value is -2.64. The third-order valence-electron chi connectivity index (χ3n) is 4.87. The monoisotopic (exact) mass is 486 g/mol. The number of carboxylic acid groups (broad SMARTS) is 1. The quantitative estimate of drug-likeness (QED) is 0.165. The van der Waals surface area contributed by atoms with Crippen LogP contribution in [0, 0.1) is 5.92 Å². The molecule has 0 aliphatic carbocycles. The van der Waals surface area contributed by atoms with E-state index in [4.69, 9.17) is 5.73 Å². The number of carboxylic acids is 1. The van der Waals surface area contributed by atoms with Crippen LogP contribution in [-0.4, -0.2) is 86.2 Å². The third-order valence-corrected chi connectivity index (χ3v) is 5.51. The predicted octanol–water partition coefficient (Wildman–Crippen LogP) is -1.39. The van der Waals surface area contributed by atoms with Crippen LogP contribution in [0.25, 0.3) is 0 Å². The maximum atomic E-state index is 12.9. The molecule has 8 N–H and O–H groups in total. The number of hydrogen-bond donors (Lipinski definition) is 7. The summed E-state index contributed by atoms with van der Waals surface area (Å²) in [6.07, 6.45) is 3.98. The molecule has 1 rings (SSSR count). The molecule has 5 atom stereocenters. The maximum absolute atomic E-state index is 12.9. The highest BCUT2D eigenvalue weighted by Crippen LogP contribution is 2.06. The van der Waals surface area contributed by atoms with Gasteiger partial charge in [-0.25, -0.2) is 9.78 Å². The number of rotatable bonds is 14. The van der Waals surface area contributed by atoms with E-state index in [1.165, 1.54) is 25.0 Å². The van der Waals surface area contributed by atoms with E-state index in [0.717, 1.165) is 0 Å². The fraction of sp³-hybridized carbons (Fsp3) is 0.650. The average Bonchev–Trinajstić information content (AvgIpc) is 3.24. The summed E-state index contributed by atoms with van der Waals surface area (Å²) in [6, 6.07) is -4.55. The molecule has 0 saturated heterocycles. The third kappa shape index (κ3) is 9.40. The molecule has 1 aromatic rings. The fourth-order valence-corrected chi connectivity index (χ4v) is 3.40. The van der Waals surface area contributed by atoms with E-state index >= 15 is 0 Å². The van der Waals surface area contributed by atoms with E-state index in [1.807, 2.05) is 6.26 Å². The molecule has 5 unspecified atom stereocenters. The number of thioether (sulfide) groups is 1. The van der Waals surface area contributed by atoms with Crippen molar-refractivity contribution < 1.29 is 29.4 Å². The molecule has 186 valence electrons. The zero-order valence-electron chi connectivity index (χ0n) is 19.2. The van der Waals surface area contributed by atoms with E-state index in [2.05, 4.69) is 25.9 Å². The Labute approximate surface area is 196 Å². The Morgan fingerprint density at radius 2 is 1.73 bits per heavy atom. The Kier molecular flexibility index (Phi) is 11.9. The van der Waals surface area contributed by atoms with Crippen molar-refractivity contribution in [3.8, 4) is 0 Å². The Bertz CT molecular complexity index is 788. The number of amides is 3. The van der Waals surface area contributed by atoms with Gasteiger partial charge in [0, 0.05) is 18.3 Å². The van der Waals surface area contributed by atoms with E-state index in [9.17, 15) is 29.4 Å². The second-order valence-electron chi connectivity index (χ2n) is 8.03. The number of aromatic amines is 1. The second kappa shape index (κ2) is 13.8. The van der Waals surface area contributed by atoms with Crippen molar-refractivity contribution in [1.29, 1.82) is 0 Å². The molecule has 0 radical (unpaired) electrons. The van der Waals surface area contributed by atoms with Crippen molar-refractivity contribution in [1.82, 2.24) is 25.9 Å². The van der Waals surface area contributed by atoms with Crippen LogP contribution in [0.2, 0.25) is 0 Å². The molecule has 3 amide bonds. The van der Waals surface area contributed by atoms with Gasteiger partial charge in [0.2, 0.25) is 17.7 Å². The van der Waals surface area contributed by atoms with Crippen molar-refractivity contribution >= 4 is 35.5 Å². The van der Waals surface area contributed by atoms with Crippen LogP contribution in [0.15, 0.2) is 12.5 Å². The minimum Gasteiger partial charge on any atom is -0.480 e. The molecule has 0 aliphatic heterocycles. The minimum absolute atomic E-state index is 0.188. The van der Waals surface area contributed by atoms with Gasteiger partial charge >= 0.3 is 5.97 Å². The molecule has 0 bridgehead atoms. The number of aliphatic hydroxyl groups is 1. The van der Waals surface area contributed by atoms with Crippen molar-refractivity contribution in [3.05, 3.63) is 18.2 Å². The lowest BCUT2D eigenvalue weighted by molar-refractivity contribution is -0.144. The van der Waals surface area contributed by atoms with Crippen LogP contribution in [0.3, 0.4) is 0 Å². The second-order valence-corrected chi connectivity index (χ2v) is 9.01. The summed E-state index contributed by atoms with van der Waals surface area (Å²) >= 11 is 1.46. The molecule has 13 heteroatoms. The number of aliphatic carboxylic acids is 1. The Morgan fingerprint density at radius 3 is 2.21 bits per heavy atom. The number of aliphatic hydroxyl groups excluding tert-OH is 1. The molecule has 12 nitrogen and oxygen atoms in total. The van der Waals surface area contributed by atoms with Crippen LogP contribution in [0.5, 0.6) is 0 Å². The highest BCUT2D eigenvalue weighted by molar-refractivity contribution is 7.98. The lowest BCUT2D eigenvalue weighted by Gasteiger charge is -2.27. The average molecular weight is 487 g/mol. The lowest BCUT2D eigenvalue weighted by Crippen LogP contribution is -2.60. The number of carbonyl (C=O) groups excluding carboxylic acids is 3. The number of carbonyl (C=O) groups is 4. The number of nitrogens with zero attached hydrogens (tertiary/aromatic N) is 1. The summed E-state index contributed by atoms with van der Waals surface area (Å²) in [7, 11) is 0. The first kappa shape index (κ1) is 28.4. The Balaban J connectivity index is 2.88. The zero-order valence-corrected chi connectivity index (χ0v) is 20.0. The van der Waals surface area contributed by atoms with Gasteiger partial charge in [0.05, 0.1) is 18.5 Å². The minimum atomic E-state index is -1.41. The zero-order chi connectivity index (χ0) is 25.1. The number of H-pyrrole nitrogens is 1. The SMILES string of the molecule is CSCCC(NC(=O)C(N)Cc1cnc[nH]1)C(=O)NC(C(=O)NC(C(=O)O)C(C)C)C(C)O. The fourth-order valence-electron chi connectivity index (χ4n) is 2.92. The molecule has 1 aromatic heterocycles. The topological polar surface area (TPSA) is 200 Å². The highest BCUT2D eigenvalue weighted by Gasteiger charge is 2.33. The molecule has 1 heterocycles. The van der Waals surface area contributed by atoms with E-state index < -0.39 is 59.9 Å². The van der Waals surface area contributed by atoms with Crippen molar-refractivity contribution in [2.24, 2.45) is 11.7 Å². The van der Waals surface area contributed by atoms with E-state index in [0.29, 0.717) is 11.4 Å². The highest BCUT2D eigenvalue weighted by atomic mass is 32.2. The predicted molar refractivity (Wildman–Crippen MR) is 123 cm³/mol. The summed E-state index contributed by atoms with van der Waals surface area (Å²) in [4.78, 5) is 56.2. The van der Waals surface area contributed by atoms with Gasteiger partial charge in [0.25, 0.3) is 0 Å². The molecule has 0 spiro atoms. The van der Waals surface area contributed by atoms with Crippen LogP contribution in [0.4, 0.5) is 0 Å². The van der Waals surface area contributed by atoms with E-state index in [-0.39, 0.29) is 12.8 Å². The van der Waals surface area contributed by atoms with Crippen LogP contribution in [-0.2, 0) is 25.6 Å². The van der Waals surface area contributed by atoms with E-state index in [1.54, 1.807) is 20.0 Å². The number of nitrogens with one attached hydrogen (secondary N) is 4. The van der Waals surface area contributed by atoms with Gasteiger partial charge in [0.15, 0.2) is 0 Å². The van der Waals surface area contributed by atoms with Crippen LogP contribution < -0.4 is 21.7 Å². The molecule has 0 aliphatic rings. The number of nitrogens with two attached hydrogens (primary N) is 1. The normalized spacial score (nSPS) is 15.7. The molecular weight excluding hydrogens is 452 g/mol. The smallest absolute Gasteiger partial charge is 0.326 e. The summed E-state index contributed by atoms with van der Waals surface area (Å²) in [6.45, 7) is 4.54. The molecular formula is C20H34N6O6S. The first-order chi connectivity index (χ1) is 15.5. The largest absolute Gasteiger partial charge is 0.480 e. The van der Waals surface area contributed by atoms with Crippen LogP contribution >= 0.6 is 11.8 Å². The van der Waals surface area contributed by atoms with Gasteiger partial charge in [-0.1, -0.05) is 13.8 Å². The first-order valence-corrected chi connectivity index (χ1v) is 11.9. The van der Waals surface area contributed by atoms with Crippen LogP contribution in [0.1, 0.15) is 32.9 Å². The van der Waals surface area contributed by atoms with Gasteiger partial charge in [-0.3, -0.25) is 14.4 Å². The van der Waals surface area contributed by atoms with Gasteiger partial charge in [-0.2, -0.15) is 11.8 Å². The lowest BCUT2D eigenvalue weighted by atomic mass is 10.0. The number of hydrogen-bond acceptors (Lipinski definition) is 8. The van der Waals surface area contributed by atoms with Gasteiger partial charge in [-0.05, 0) is 31.3 Å². The molecule has 0 aromatic carbocycles. The van der Waals surface area contributed by atoms with Gasteiger partial charge in [-0.15, -0.1) is 0 Å². The van der Waals surface area contributed by atoms with Gasteiger partial charge in [0.1, 0.15) is 18.1 Å². The molecule has 33 heavy (non-hydrogen) atoms. The summed E-state index contributed by atoms with van der Waals surface area (Å²) in [5.74, 6) is -3.20. The summed E-state index contributed by atoms with van der Waals surface area (Å²) in [5.41, 5.74) is 6.60. The van der Waals surface area contributed by atoms with Gasteiger partial charge < -0.3 is 36.9 Å². The standard InChI is InChI=1S/C20H34N6O6S/c1-10(2)15(20(31)32)25-19(30)16(11(3)27)26-18(29)14(5-6-33-4)24-17(28)13(21)7-12-8-22-9-23-12/h8-11,13-16,27H,5-7,21H2,1-4H3,(H,22,23)(H,24,28)(H,25,30)(H,26,29)(H,31,32). The van der Waals surface area contributed by atoms with Crippen molar-refractivity contribution in [2.75, 3.05) is 12.0 Å². The van der Waals surface area contributed by atoms with Crippen molar-refractivity contribution in [2.45, 2.75) is 63.9 Å². The summed E-state index contributed by atoms with van der Waals surface area (Å²) < 4.78 is 0. The molecule has 0 saturated carbocycles. The first-order valence-electron chi connectivity index (χ1n) is 10.5. The van der Waals surface area contributed by atoms with Crippen molar-refractivity contribution in [3.63, 3.8) is 0 Å².